The molecule has 1 heterocycles. The third-order valence-electron chi connectivity index (χ3n) is 5.23. The molecule has 0 aliphatic heterocycles. The van der Waals surface area contributed by atoms with Gasteiger partial charge in [0.1, 0.15) is 5.75 Å². The molecule has 0 bridgehead atoms. The second-order valence-electron chi connectivity index (χ2n) is 7.31. The molecule has 0 radical (unpaired) electrons. The van der Waals surface area contributed by atoms with Gasteiger partial charge in [0.2, 0.25) is 0 Å². The van der Waals surface area contributed by atoms with Crippen LogP contribution >= 0.6 is 0 Å². The number of hydrogen-bond acceptors (Lipinski definition) is 3. The van der Waals surface area contributed by atoms with Crippen molar-refractivity contribution >= 4 is 5.78 Å². The predicted octanol–water partition coefficient (Wildman–Crippen LogP) is 6.60. The summed E-state index contributed by atoms with van der Waals surface area (Å²) < 4.78 is 5.35. The van der Waals surface area contributed by atoms with E-state index in [4.69, 9.17) is 9.72 Å². The van der Waals surface area contributed by atoms with Crippen LogP contribution in [0.15, 0.2) is 84.9 Å². The Morgan fingerprint density at radius 2 is 1.47 bits per heavy atom. The number of aromatic nitrogens is 1. The molecule has 0 saturated heterocycles. The fourth-order valence-electron chi connectivity index (χ4n) is 3.54. The quantitative estimate of drug-likeness (QED) is 0.359. The molecule has 0 saturated carbocycles. The molecule has 1 aromatic heterocycles. The van der Waals surface area contributed by atoms with Crippen molar-refractivity contribution in [2.45, 2.75) is 13.8 Å². The van der Waals surface area contributed by atoms with Gasteiger partial charge in [-0.25, -0.2) is 4.98 Å². The molecule has 3 nitrogen and oxygen atoms in total. The van der Waals surface area contributed by atoms with Crippen LogP contribution in [0.3, 0.4) is 0 Å². The van der Waals surface area contributed by atoms with Gasteiger partial charge in [0.05, 0.1) is 18.5 Å². The number of hydrogen-bond donors (Lipinski definition) is 0. The van der Waals surface area contributed by atoms with Gasteiger partial charge in [0.25, 0.3) is 0 Å². The van der Waals surface area contributed by atoms with Crippen molar-refractivity contribution in [3.8, 4) is 39.4 Å². The fraction of sp³-hybridized carbons (Fsp3) is 0.111. The summed E-state index contributed by atoms with van der Waals surface area (Å²) >= 11 is 0. The number of pyridine rings is 1. The molecule has 0 aliphatic rings. The first-order valence-electron chi connectivity index (χ1n) is 9.89. The molecule has 0 amide bonds. The summed E-state index contributed by atoms with van der Waals surface area (Å²) in [5.74, 6) is 0.887. The van der Waals surface area contributed by atoms with Crippen molar-refractivity contribution < 1.29 is 9.53 Å². The summed E-state index contributed by atoms with van der Waals surface area (Å²) in [6.45, 7) is 3.64. The highest BCUT2D eigenvalue weighted by Gasteiger charge is 2.11. The van der Waals surface area contributed by atoms with E-state index >= 15 is 0 Å². The molecule has 0 fully saturated rings. The zero-order valence-corrected chi connectivity index (χ0v) is 17.3. The zero-order chi connectivity index (χ0) is 21.1. The average molecular weight is 393 g/mol. The summed E-state index contributed by atoms with van der Waals surface area (Å²) in [6, 6.07) is 28.2. The summed E-state index contributed by atoms with van der Waals surface area (Å²) in [5.41, 5.74) is 7.85. The van der Waals surface area contributed by atoms with Crippen LogP contribution in [0, 0.1) is 6.92 Å². The SMILES string of the molecule is COc1ccc(-c2cc(-c3ccccc3)cc(-c3ccc(C(C)=O)cc3)n2)c(C)c1. The Kier molecular flexibility index (Phi) is 5.44. The number of carbonyl (C=O) groups is 1. The van der Waals surface area contributed by atoms with Gasteiger partial charge in [-0.05, 0) is 60.9 Å². The molecule has 0 spiro atoms. The first kappa shape index (κ1) is 19.6. The minimum atomic E-state index is 0.0575. The molecule has 0 unspecified atom stereocenters. The highest BCUT2D eigenvalue weighted by Crippen LogP contribution is 2.32. The van der Waals surface area contributed by atoms with Gasteiger partial charge < -0.3 is 4.74 Å². The Labute approximate surface area is 177 Å². The highest BCUT2D eigenvalue weighted by atomic mass is 16.5. The Balaban J connectivity index is 1.88. The largest absolute Gasteiger partial charge is 0.497 e. The van der Waals surface area contributed by atoms with Crippen molar-refractivity contribution in [3.05, 3.63) is 96.1 Å². The molecule has 0 N–H and O–H groups in total. The number of rotatable bonds is 5. The predicted molar refractivity (Wildman–Crippen MR) is 122 cm³/mol. The molecule has 3 aromatic carbocycles. The van der Waals surface area contributed by atoms with E-state index in [1.54, 1.807) is 14.0 Å². The van der Waals surface area contributed by atoms with Crippen LogP contribution in [0.5, 0.6) is 5.75 Å². The number of aryl methyl sites for hydroxylation is 1. The lowest BCUT2D eigenvalue weighted by Crippen LogP contribution is -1.95. The van der Waals surface area contributed by atoms with Crippen molar-refractivity contribution in [1.82, 2.24) is 4.98 Å². The van der Waals surface area contributed by atoms with Crippen molar-refractivity contribution in [3.63, 3.8) is 0 Å². The van der Waals surface area contributed by atoms with Gasteiger partial charge in [-0.15, -0.1) is 0 Å². The molecule has 30 heavy (non-hydrogen) atoms. The van der Waals surface area contributed by atoms with Gasteiger partial charge in [-0.3, -0.25) is 4.79 Å². The molecular weight excluding hydrogens is 370 g/mol. The van der Waals surface area contributed by atoms with E-state index < -0.39 is 0 Å². The number of ketones is 1. The maximum atomic E-state index is 11.6. The number of ether oxygens (including phenoxy) is 1. The summed E-state index contributed by atoms with van der Waals surface area (Å²) in [5, 5.41) is 0. The number of methoxy groups -OCH3 is 1. The summed E-state index contributed by atoms with van der Waals surface area (Å²) in [7, 11) is 1.67. The number of Topliss-reactive ketones (excluding diaryl/α,β-unsaturated/α-hetero) is 1. The third-order valence-corrected chi connectivity index (χ3v) is 5.23. The Morgan fingerprint density at radius 1 is 0.767 bits per heavy atom. The lowest BCUT2D eigenvalue weighted by molar-refractivity contribution is 0.101. The van der Waals surface area contributed by atoms with Crippen LogP contribution < -0.4 is 4.74 Å². The van der Waals surface area contributed by atoms with Gasteiger partial charge >= 0.3 is 0 Å². The molecule has 3 heteroatoms. The van der Waals surface area contributed by atoms with E-state index in [0.29, 0.717) is 5.56 Å². The topological polar surface area (TPSA) is 39.2 Å². The first-order valence-corrected chi connectivity index (χ1v) is 9.89. The van der Waals surface area contributed by atoms with E-state index in [2.05, 4.69) is 31.2 Å². The zero-order valence-electron chi connectivity index (χ0n) is 17.3. The molecule has 0 aliphatic carbocycles. The molecule has 4 rings (SSSR count). The third kappa shape index (κ3) is 4.01. The smallest absolute Gasteiger partial charge is 0.159 e. The minimum Gasteiger partial charge on any atom is -0.497 e. The van der Waals surface area contributed by atoms with Crippen molar-refractivity contribution in [2.75, 3.05) is 7.11 Å². The number of benzene rings is 3. The van der Waals surface area contributed by atoms with E-state index in [1.807, 2.05) is 60.7 Å². The first-order chi connectivity index (χ1) is 14.5. The monoisotopic (exact) mass is 393 g/mol. The van der Waals surface area contributed by atoms with Gasteiger partial charge in [0, 0.05) is 16.7 Å². The van der Waals surface area contributed by atoms with Gasteiger partial charge in [-0.2, -0.15) is 0 Å². The number of nitrogens with zero attached hydrogens (tertiary/aromatic N) is 1. The maximum absolute atomic E-state index is 11.6. The van der Waals surface area contributed by atoms with Crippen LogP contribution in [0.2, 0.25) is 0 Å². The molecule has 4 aromatic rings. The van der Waals surface area contributed by atoms with E-state index in [1.165, 1.54) is 0 Å². The second kappa shape index (κ2) is 8.34. The van der Waals surface area contributed by atoms with Crippen LogP contribution in [-0.4, -0.2) is 17.9 Å². The molecular formula is C27H23NO2. The average Bonchev–Trinajstić information content (AvgIpc) is 2.79. The van der Waals surface area contributed by atoms with Crippen LogP contribution in [-0.2, 0) is 0 Å². The van der Waals surface area contributed by atoms with Crippen molar-refractivity contribution in [1.29, 1.82) is 0 Å². The number of carbonyl (C=O) groups excluding carboxylic acids is 1. The Morgan fingerprint density at radius 3 is 2.10 bits per heavy atom. The fourth-order valence-corrected chi connectivity index (χ4v) is 3.54. The van der Waals surface area contributed by atoms with Gasteiger partial charge in [0.15, 0.2) is 5.78 Å². The molecule has 0 atom stereocenters. The van der Waals surface area contributed by atoms with Crippen LogP contribution in [0.4, 0.5) is 0 Å². The molecule has 148 valence electrons. The second-order valence-corrected chi connectivity index (χ2v) is 7.31. The van der Waals surface area contributed by atoms with Gasteiger partial charge in [-0.1, -0.05) is 54.6 Å². The Hall–Kier alpha value is -3.72. The van der Waals surface area contributed by atoms with E-state index in [9.17, 15) is 4.79 Å². The normalized spacial score (nSPS) is 10.6. The van der Waals surface area contributed by atoms with E-state index in [0.717, 1.165) is 45.0 Å². The minimum absolute atomic E-state index is 0.0575. The summed E-state index contributed by atoms with van der Waals surface area (Å²) in [6.07, 6.45) is 0. The Bertz CT molecular complexity index is 1200. The van der Waals surface area contributed by atoms with Crippen molar-refractivity contribution in [2.24, 2.45) is 0 Å². The highest BCUT2D eigenvalue weighted by molar-refractivity contribution is 5.94. The standard InChI is InChI=1S/C27H23NO2/c1-18-15-24(30-3)13-14-25(18)27-17-23(21-7-5-4-6-8-21)16-26(28-27)22-11-9-20(10-12-22)19(2)29/h4-17H,1-3H3. The van der Waals surface area contributed by atoms with Crippen LogP contribution in [0.1, 0.15) is 22.8 Å². The van der Waals surface area contributed by atoms with E-state index in [-0.39, 0.29) is 5.78 Å². The van der Waals surface area contributed by atoms with Crippen LogP contribution in [0.25, 0.3) is 33.6 Å². The lowest BCUT2D eigenvalue weighted by atomic mass is 9.97. The maximum Gasteiger partial charge on any atom is 0.159 e. The lowest BCUT2D eigenvalue weighted by Gasteiger charge is -2.13. The summed E-state index contributed by atoms with van der Waals surface area (Å²) in [4.78, 5) is 16.6.